The maximum atomic E-state index is 13.9. The third-order valence-corrected chi connectivity index (χ3v) is 3.94. The van der Waals surface area contributed by atoms with Gasteiger partial charge in [-0.25, -0.2) is 4.39 Å². The molecule has 1 N–H and O–H groups in total. The Bertz CT molecular complexity index is 610. The molecule has 0 bridgehead atoms. The molecule has 1 aromatic carbocycles. The lowest BCUT2D eigenvalue weighted by atomic mass is 10.1. The van der Waals surface area contributed by atoms with Gasteiger partial charge in [0.1, 0.15) is 11.9 Å². The summed E-state index contributed by atoms with van der Waals surface area (Å²) in [4.78, 5) is 14.0. The van der Waals surface area contributed by atoms with Crippen molar-refractivity contribution in [3.63, 3.8) is 0 Å². The number of benzene rings is 1. The van der Waals surface area contributed by atoms with Gasteiger partial charge in [0, 0.05) is 31.2 Å². The highest BCUT2D eigenvalue weighted by Crippen LogP contribution is 2.20. The Morgan fingerprint density at radius 1 is 1.50 bits per heavy atom. The predicted molar refractivity (Wildman–Crippen MR) is 77.3 cm³/mol. The lowest BCUT2D eigenvalue weighted by Crippen LogP contribution is -2.49. The fourth-order valence-electron chi connectivity index (χ4n) is 2.51. The number of carbonyl (C=O) groups is 1. The zero-order chi connectivity index (χ0) is 15.5. The number of halogens is 1. The maximum Gasteiger partial charge on any atom is 0.250 e. The topological polar surface area (TPSA) is 65.4 Å². The van der Waals surface area contributed by atoms with Crippen LogP contribution in [0.3, 0.4) is 0 Å². The minimum atomic E-state index is -0.490. The minimum absolute atomic E-state index is 0.0764. The number of nitriles is 1. The van der Waals surface area contributed by atoms with E-state index in [2.05, 4.69) is 5.32 Å². The summed E-state index contributed by atoms with van der Waals surface area (Å²) in [5.41, 5.74) is 0.840. The summed E-state index contributed by atoms with van der Waals surface area (Å²) >= 11 is 0. The first kappa shape index (κ1) is 14.9. The molecule has 1 amide bonds. The molecular formula is C16H18FN3O2. The van der Waals surface area contributed by atoms with Crippen LogP contribution in [-0.4, -0.2) is 42.6 Å². The van der Waals surface area contributed by atoms with Gasteiger partial charge in [0.05, 0.1) is 18.2 Å². The third-order valence-electron chi connectivity index (χ3n) is 3.94. The van der Waals surface area contributed by atoms with Crippen molar-refractivity contribution in [2.75, 3.05) is 19.7 Å². The lowest BCUT2D eigenvalue weighted by molar-refractivity contribution is -0.138. The van der Waals surface area contributed by atoms with Gasteiger partial charge < -0.3 is 10.1 Å². The van der Waals surface area contributed by atoms with Crippen molar-refractivity contribution in [2.45, 2.75) is 31.5 Å². The Morgan fingerprint density at radius 2 is 2.32 bits per heavy atom. The Hall–Kier alpha value is -1.97. The second kappa shape index (κ2) is 6.42. The number of hydrogen-bond acceptors (Lipinski definition) is 4. The highest BCUT2D eigenvalue weighted by atomic mass is 19.1. The summed E-state index contributed by atoms with van der Waals surface area (Å²) in [6.45, 7) is 1.99. The molecule has 1 aliphatic heterocycles. The zero-order valence-electron chi connectivity index (χ0n) is 12.2. The molecule has 1 aliphatic carbocycles. The molecule has 3 rings (SSSR count). The second-order valence-electron chi connectivity index (χ2n) is 5.80. The molecule has 22 heavy (non-hydrogen) atoms. The Kier molecular flexibility index (Phi) is 4.36. The summed E-state index contributed by atoms with van der Waals surface area (Å²) in [6.07, 6.45) is 1.59. The first-order chi connectivity index (χ1) is 10.7. The van der Waals surface area contributed by atoms with Crippen molar-refractivity contribution < 1.29 is 13.9 Å². The molecule has 1 heterocycles. The molecule has 1 saturated heterocycles. The molecule has 1 unspecified atom stereocenters. The highest BCUT2D eigenvalue weighted by molar-refractivity contribution is 5.81. The van der Waals surface area contributed by atoms with E-state index in [1.54, 1.807) is 12.1 Å². The van der Waals surface area contributed by atoms with E-state index in [1.807, 2.05) is 11.0 Å². The van der Waals surface area contributed by atoms with Gasteiger partial charge in [-0.2, -0.15) is 5.26 Å². The van der Waals surface area contributed by atoms with E-state index in [9.17, 15) is 9.18 Å². The van der Waals surface area contributed by atoms with Crippen molar-refractivity contribution in [3.05, 3.63) is 35.1 Å². The van der Waals surface area contributed by atoms with E-state index in [-0.39, 0.29) is 11.7 Å². The first-order valence-electron chi connectivity index (χ1n) is 7.48. The van der Waals surface area contributed by atoms with Crippen LogP contribution < -0.4 is 5.32 Å². The molecule has 0 radical (unpaired) electrons. The van der Waals surface area contributed by atoms with Crippen molar-refractivity contribution >= 4 is 5.91 Å². The van der Waals surface area contributed by atoms with Crippen LogP contribution in [0.1, 0.15) is 24.0 Å². The monoisotopic (exact) mass is 303 g/mol. The van der Waals surface area contributed by atoms with Crippen LogP contribution in [-0.2, 0) is 16.1 Å². The Labute approximate surface area is 128 Å². The smallest absolute Gasteiger partial charge is 0.250 e. The summed E-state index contributed by atoms with van der Waals surface area (Å²) in [5.74, 6) is -0.461. The van der Waals surface area contributed by atoms with Crippen LogP contribution in [0.2, 0.25) is 0 Å². The maximum absolute atomic E-state index is 13.9. The molecule has 1 aromatic rings. The molecule has 0 aromatic heterocycles. The Morgan fingerprint density at radius 3 is 3.00 bits per heavy atom. The van der Waals surface area contributed by atoms with Gasteiger partial charge in [0.15, 0.2) is 0 Å². The molecule has 1 atom stereocenters. The van der Waals surface area contributed by atoms with E-state index < -0.39 is 6.10 Å². The van der Waals surface area contributed by atoms with E-state index in [4.69, 9.17) is 10.00 Å². The van der Waals surface area contributed by atoms with Gasteiger partial charge in [-0.15, -0.1) is 0 Å². The number of hydrogen-bond donors (Lipinski definition) is 1. The summed E-state index contributed by atoms with van der Waals surface area (Å²) in [6, 6.07) is 6.70. The molecule has 1 saturated carbocycles. The number of morpholine rings is 1. The summed E-state index contributed by atoms with van der Waals surface area (Å²) in [5, 5.41) is 11.7. The Balaban J connectivity index is 1.60. The molecule has 116 valence electrons. The van der Waals surface area contributed by atoms with Crippen LogP contribution in [0.5, 0.6) is 0 Å². The molecule has 0 spiro atoms. The fraction of sp³-hybridized carbons (Fsp3) is 0.500. The van der Waals surface area contributed by atoms with Crippen molar-refractivity contribution in [2.24, 2.45) is 0 Å². The normalized spacial score (nSPS) is 22.1. The van der Waals surface area contributed by atoms with Gasteiger partial charge in [0.2, 0.25) is 0 Å². The molecule has 2 aliphatic rings. The highest BCUT2D eigenvalue weighted by Gasteiger charge is 2.31. The standard InChI is InChI=1S/C16H18FN3O2/c17-14-7-11(8-18)1-2-12(14)9-20-5-6-22-15(10-20)16(21)19-13-3-4-13/h1-2,7,13,15H,3-6,9-10H2,(H,19,21). The average Bonchev–Trinajstić information content (AvgIpc) is 3.33. The summed E-state index contributed by atoms with van der Waals surface area (Å²) in [7, 11) is 0. The van der Waals surface area contributed by atoms with E-state index in [0.717, 1.165) is 12.8 Å². The van der Waals surface area contributed by atoms with Gasteiger partial charge in [-0.05, 0) is 25.0 Å². The predicted octanol–water partition coefficient (Wildman–Crippen LogP) is 1.18. The van der Waals surface area contributed by atoms with Crippen molar-refractivity contribution in [3.8, 4) is 6.07 Å². The number of carbonyl (C=O) groups excluding carboxylic acids is 1. The lowest BCUT2D eigenvalue weighted by Gasteiger charge is -2.32. The SMILES string of the molecule is N#Cc1ccc(CN2CCOC(C(=O)NC3CC3)C2)c(F)c1. The number of nitrogens with zero attached hydrogens (tertiary/aromatic N) is 2. The third kappa shape index (κ3) is 3.62. The molecule has 5 nitrogen and oxygen atoms in total. The second-order valence-corrected chi connectivity index (χ2v) is 5.80. The molecular weight excluding hydrogens is 285 g/mol. The number of amides is 1. The van der Waals surface area contributed by atoms with Gasteiger partial charge >= 0.3 is 0 Å². The number of ether oxygens (including phenoxy) is 1. The van der Waals surface area contributed by atoms with Crippen LogP contribution >= 0.6 is 0 Å². The zero-order valence-corrected chi connectivity index (χ0v) is 12.2. The quantitative estimate of drug-likeness (QED) is 0.907. The van der Waals surface area contributed by atoms with Crippen LogP contribution in [0.15, 0.2) is 18.2 Å². The number of nitrogens with one attached hydrogen (secondary N) is 1. The first-order valence-corrected chi connectivity index (χ1v) is 7.48. The largest absolute Gasteiger partial charge is 0.366 e. The number of rotatable bonds is 4. The van der Waals surface area contributed by atoms with E-state index >= 15 is 0 Å². The van der Waals surface area contributed by atoms with Gasteiger partial charge in [0.25, 0.3) is 5.91 Å². The average molecular weight is 303 g/mol. The summed E-state index contributed by atoms with van der Waals surface area (Å²) < 4.78 is 19.5. The molecule has 6 heteroatoms. The van der Waals surface area contributed by atoms with Crippen LogP contribution in [0.4, 0.5) is 4.39 Å². The minimum Gasteiger partial charge on any atom is -0.366 e. The van der Waals surface area contributed by atoms with Crippen LogP contribution in [0.25, 0.3) is 0 Å². The van der Waals surface area contributed by atoms with E-state index in [1.165, 1.54) is 6.07 Å². The van der Waals surface area contributed by atoms with Gasteiger partial charge in [-0.1, -0.05) is 6.07 Å². The van der Waals surface area contributed by atoms with Crippen molar-refractivity contribution in [1.29, 1.82) is 5.26 Å². The van der Waals surface area contributed by atoms with Crippen molar-refractivity contribution in [1.82, 2.24) is 10.2 Å². The fourth-order valence-corrected chi connectivity index (χ4v) is 2.51. The van der Waals surface area contributed by atoms with Gasteiger partial charge in [-0.3, -0.25) is 9.69 Å². The van der Waals surface area contributed by atoms with E-state index in [0.29, 0.717) is 43.4 Å². The molecule has 2 fully saturated rings. The van der Waals surface area contributed by atoms with Crippen LogP contribution in [0, 0.1) is 17.1 Å².